The van der Waals surface area contributed by atoms with Gasteiger partial charge in [0.15, 0.2) is 0 Å². The van der Waals surface area contributed by atoms with Gasteiger partial charge in [0.1, 0.15) is 0 Å². The Labute approximate surface area is 135 Å². The van der Waals surface area contributed by atoms with E-state index in [2.05, 4.69) is 10.6 Å². The van der Waals surface area contributed by atoms with Gasteiger partial charge in [0.05, 0.1) is 17.5 Å². The van der Waals surface area contributed by atoms with Crippen LogP contribution in [0.2, 0.25) is 0 Å². The first-order chi connectivity index (χ1) is 10.6. The van der Waals surface area contributed by atoms with Gasteiger partial charge in [-0.25, -0.2) is 0 Å². The molecule has 0 saturated carbocycles. The number of carbonyl (C=O) groups excluding carboxylic acids is 1. The second kappa shape index (κ2) is 7.82. The van der Waals surface area contributed by atoms with Crippen LogP contribution in [0.25, 0.3) is 0 Å². The Morgan fingerprint density at radius 1 is 1.14 bits per heavy atom. The van der Waals surface area contributed by atoms with Crippen molar-refractivity contribution in [1.29, 1.82) is 0 Å². The number of aliphatic hydroxyl groups is 1. The minimum atomic E-state index is -0.658. The number of halogens is 1. The summed E-state index contributed by atoms with van der Waals surface area (Å²) in [5, 5.41) is 15.5. The Hall–Kier alpha value is -2.04. The maximum Gasteiger partial charge on any atom is 0.257 e. The van der Waals surface area contributed by atoms with Crippen LogP contribution in [-0.2, 0) is 0 Å². The average Bonchev–Trinajstić information content (AvgIpc) is 2.55. The molecular formula is C17H19ClN2O2. The highest BCUT2D eigenvalue weighted by Crippen LogP contribution is 2.19. The van der Waals surface area contributed by atoms with E-state index in [9.17, 15) is 9.90 Å². The van der Waals surface area contributed by atoms with Gasteiger partial charge >= 0.3 is 0 Å². The molecule has 0 fully saturated rings. The average molecular weight is 319 g/mol. The Bertz CT molecular complexity index is 646. The molecule has 0 aliphatic carbocycles. The first-order valence-electron chi connectivity index (χ1n) is 7.05. The predicted molar refractivity (Wildman–Crippen MR) is 90.8 cm³/mol. The molecule has 2 rings (SSSR count). The summed E-state index contributed by atoms with van der Waals surface area (Å²) in [4.78, 5) is 12.5. The van der Waals surface area contributed by atoms with Gasteiger partial charge in [-0.3, -0.25) is 4.79 Å². The third kappa shape index (κ3) is 4.23. The van der Waals surface area contributed by atoms with Crippen molar-refractivity contribution in [3.63, 3.8) is 0 Å². The largest absolute Gasteiger partial charge is 0.390 e. The summed E-state index contributed by atoms with van der Waals surface area (Å²) in [6, 6.07) is 14.8. The molecule has 0 aliphatic rings. The highest BCUT2D eigenvalue weighted by atomic mass is 35.5. The molecule has 5 heteroatoms. The van der Waals surface area contributed by atoms with Gasteiger partial charge in [0, 0.05) is 17.9 Å². The standard InChI is InChI=1S/C17H19ClN2O2/c1-12-6-2-4-8-15(12)20-17(22)14-7-3-5-9-16(14)19-11-13(21)10-18/h2-9,13,19,21H,10-11H2,1H3,(H,20,22). The summed E-state index contributed by atoms with van der Waals surface area (Å²) < 4.78 is 0. The van der Waals surface area contributed by atoms with Gasteiger partial charge in [-0.15, -0.1) is 11.6 Å². The normalized spacial score (nSPS) is 11.8. The van der Waals surface area contributed by atoms with Crippen molar-refractivity contribution in [3.05, 3.63) is 59.7 Å². The van der Waals surface area contributed by atoms with E-state index in [1.807, 2.05) is 37.3 Å². The van der Waals surface area contributed by atoms with Gasteiger partial charge in [0.2, 0.25) is 0 Å². The lowest BCUT2D eigenvalue weighted by Gasteiger charge is -2.14. The number of alkyl halides is 1. The number of aliphatic hydroxyl groups excluding tert-OH is 1. The van der Waals surface area contributed by atoms with Crippen LogP contribution in [0.4, 0.5) is 11.4 Å². The number of hydrogen-bond acceptors (Lipinski definition) is 3. The van der Waals surface area contributed by atoms with Crippen molar-refractivity contribution in [3.8, 4) is 0 Å². The van der Waals surface area contributed by atoms with Gasteiger partial charge in [-0.2, -0.15) is 0 Å². The van der Waals surface area contributed by atoms with Crippen LogP contribution in [0.5, 0.6) is 0 Å². The summed E-state index contributed by atoms with van der Waals surface area (Å²) in [6.45, 7) is 2.23. The van der Waals surface area contributed by atoms with E-state index in [1.54, 1.807) is 18.2 Å². The molecule has 0 bridgehead atoms. The Kier molecular flexibility index (Phi) is 5.81. The second-order valence-corrected chi connectivity index (χ2v) is 5.31. The first-order valence-corrected chi connectivity index (χ1v) is 7.59. The fourth-order valence-electron chi connectivity index (χ4n) is 2.02. The van der Waals surface area contributed by atoms with E-state index in [-0.39, 0.29) is 18.3 Å². The Balaban J connectivity index is 2.14. The van der Waals surface area contributed by atoms with Crippen LogP contribution >= 0.6 is 11.6 Å². The van der Waals surface area contributed by atoms with Crippen molar-refractivity contribution in [2.45, 2.75) is 13.0 Å². The van der Waals surface area contributed by atoms with Gasteiger partial charge in [-0.05, 0) is 30.7 Å². The van der Waals surface area contributed by atoms with Gasteiger partial charge < -0.3 is 15.7 Å². The highest BCUT2D eigenvalue weighted by molar-refractivity contribution is 6.18. The monoisotopic (exact) mass is 318 g/mol. The number of rotatable bonds is 6. The summed E-state index contributed by atoms with van der Waals surface area (Å²) in [7, 11) is 0. The summed E-state index contributed by atoms with van der Waals surface area (Å²) in [6.07, 6.45) is -0.658. The molecule has 0 spiro atoms. The first kappa shape index (κ1) is 16.3. The van der Waals surface area contributed by atoms with E-state index in [4.69, 9.17) is 11.6 Å². The van der Waals surface area contributed by atoms with E-state index in [0.29, 0.717) is 11.3 Å². The van der Waals surface area contributed by atoms with E-state index in [1.165, 1.54) is 0 Å². The van der Waals surface area contributed by atoms with Crippen LogP contribution < -0.4 is 10.6 Å². The minimum Gasteiger partial charge on any atom is -0.390 e. The molecule has 2 aromatic rings. The molecule has 0 saturated heterocycles. The number of para-hydroxylation sites is 2. The molecule has 1 atom stereocenters. The fraction of sp³-hybridized carbons (Fsp3) is 0.235. The van der Waals surface area contributed by atoms with Crippen molar-refractivity contribution < 1.29 is 9.90 Å². The van der Waals surface area contributed by atoms with Crippen molar-refractivity contribution in [1.82, 2.24) is 0 Å². The number of carbonyl (C=O) groups is 1. The highest BCUT2D eigenvalue weighted by Gasteiger charge is 2.12. The summed E-state index contributed by atoms with van der Waals surface area (Å²) in [5.74, 6) is -0.0531. The zero-order valence-electron chi connectivity index (χ0n) is 12.3. The van der Waals surface area contributed by atoms with Crippen LogP contribution in [0.15, 0.2) is 48.5 Å². The SMILES string of the molecule is Cc1ccccc1NC(=O)c1ccccc1NCC(O)CCl. The molecule has 3 N–H and O–H groups in total. The summed E-state index contributed by atoms with van der Waals surface area (Å²) >= 11 is 5.58. The van der Waals surface area contributed by atoms with Gasteiger partial charge in [0.25, 0.3) is 5.91 Å². The zero-order valence-corrected chi connectivity index (χ0v) is 13.1. The molecule has 116 valence electrons. The quantitative estimate of drug-likeness (QED) is 0.716. The number of amides is 1. The van der Waals surface area contributed by atoms with E-state index in [0.717, 1.165) is 11.3 Å². The van der Waals surface area contributed by atoms with Crippen LogP contribution in [0.3, 0.4) is 0 Å². The fourth-order valence-corrected chi connectivity index (χ4v) is 2.13. The molecule has 0 aromatic heterocycles. The molecule has 4 nitrogen and oxygen atoms in total. The lowest BCUT2D eigenvalue weighted by atomic mass is 10.1. The maximum atomic E-state index is 12.5. The van der Waals surface area contributed by atoms with Crippen LogP contribution in [0.1, 0.15) is 15.9 Å². The molecule has 0 heterocycles. The number of hydrogen-bond donors (Lipinski definition) is 3. The van der Waals surface area contributed by atoms with E-state index < -0.39 is 6.10 Å². The lowest BCUT2D eigenvalue weighted by Crippen LogP contribution is -2.22. The Morgan fingerprint density at radius 3 is 2.45 bits per heavy atom. The lowest BCUT2D eigenvalue weighted by molar-refractivity contribution is 0.102. The van der Waals surface area contributed by atoms with Gasteiger partial charge in [-0.1, -0.05) is 30.3 Å². The van der Waals surface area contributed by atoms with Crippen molar-refractivity contribution in [2.24, 2.45) is 0 Å². The third-order valence-electron chi connectivity index (χ3n) is 3.27. The number of benzene rings is 2. The molecule has 0 aliphatic heterocycles. The number of nitrogens with one attached hydrogen (secondary N) is 2. The number of anilines is 2. The van der Waals surface area contributed by atoms with E-state index >= 15 is 0 Å². The smallest absolute Gasteiger partial charge is 0.257 e. The van der Waals surface area contributed by atoms with Crippen LogP contribution in [-0.4, -0.2) is 29.5 Å². The molecule has 0 radical (unpaired) electrons. The second-order valence-electron chi connectivity index (χ2n) is 5.00. The topological polar surface area (TPSA) is 61.4 Å². The van der Waals surface area contributed by atoms with Crippen LogP contribution in [0, 0.1) is 6.92 Å². The molecule has 22 heavy (non-hydrogen) atoms. The molecule has 2 aromatic carbocycles. The predicted octanol–water partition coefficient (Wildman–Crippen LogP) is 3.26. The molecule has 1 unspecified atom stereocenters. The maximum absolute atomic E-state index is 12.5. The molecule has 1 amide bonds. The minimum absolute atomic E-state index is 0.143. The summed E-state index contributed by atoms with van der Waals surface area (Å²) in [5.41, 5.74) is 2.97. The molecular weight excluding hydrogens is 300 g/mol. The zero-order chi connectivity index (χ0) is 15.9. The third-order valence-corrected chi connectivity index (χ3v) is 3.63. The van der Waals surface area contributed by atoms with Crippen molar-refractivity contribution >= 4 is 28.9 Å². The Morgan fingerprint density at radius 2 is 1.77 bits per heavy atom. The number of aryl methyl sites for hydroxylation is 1. The van der Waals surface area contributed by atoms with Crippen molar-refractivity contribution in [2.75, 3.05) is 23.1 Å².